The molecule has 0 saturated carbocycles. The number of amides is 1. The predicted octanol–water partition coefficient (Wildman–Crippen LogP) is 6.16. The molecule has 4 rings (SSSR count). The van der Waals surface area contributed by atoms with Crippen molar-refractivity contribution in [3.8, 4) is 5.75 Å². The number of anilines is 2. The third kappa shape index (κ3) is 3.41. The quantitative estimate of drug-likeness (QED) is 0.557. The second-order valence-electron chi connectivity index (χ2n) is 6.37. The Morgan fingerprint density at radius 1 is 1.00 bits per heavy atom. The molecule has 0 radical (unpaired) electrons. The highest BCUT2D eigenvalue weighted by Crippen LogP contribution is 2.38. The number of rotatable bonds is 4. The van der Waals surface area contributed by atoms with E-state index in [0.29, 0.717) is 22.2 Å². The normalized spacial score (nSPS) is 15.8. The Hall–Kier alpha value is -2.69. The van der Waals surface area contributed by atoms with Crippen LogP contribution in [0.1, 0.15) is 29.0 Å². The molecule has 3 aromatic rings. The van der Waals surface area contributed by atoms with Gasteiger partial charge in [0, 0.05) is 11.4 Å². The number of fused-ring (bicyclic) bond motifs is 1. The van der Waals surface area contributed by atoms with Gasteiger partial charge in [0.2, 0.25) is 0 Å². The van der Waals surface area contributed by atoms with E-state index in [1.807, 2.05) is 61.5 Å². The number of ether oxygens (including phenoxy) is 1. The fourth-order valence-electron chi connectivity index (χ4n) is 3.31. The van der Waals surface area contributed by atoms with Crippen LogP contribution in [0.25, 0.3) is 0 Å². The third-order valence-electron chi connectivity index (χ3n) is 4.61. The van der Waals surface area contributed by atoms with Crippen molar-refractivity contribution < 1.29 is 9.53 Å². The Labute approximate surface area is 173 Å². The summed E-state index contributed by atoms with van der Waals surface area (Å²) in [6, 6.07) is 20.3. The molecule has 1 amide bonds. The van der Waals surface area contributed by atoms with Crippen molar-refractivity contribution in [2.45, 2.75) is 13.1 Å². The summed E-state index contributed by atoms with van der Waals surface area (Å²) < 4.78 is 5.52. The summed E-state index contributed by atoms with van der Waals surface area (Å²) in [5.41, 5.74) is 3.00. The molecule has 1 unspecified atom stereocenters. The average Bonchev–Trinajstić information content (AvgIpc) is 2.71. The molecule has 0 aliphatic carbocycles. The molecule has 1 heterocycles. The molecule has 6 heteroatoms. The van der Waals surface area contributed by atoms with E-state index in [-0.39, 0.29) is 5.91 Å². The Kier molecular flexibility index (Phi) is 5.16. The van der Waals surface area contributed by atoms with Crippen LogP contribution in [0.5, 0.6) is 5.75 Å². The Balaban J connectivity index is 1.81. The second kappa shape index (κ2) is 7.74. The number of hydrogen-bond acceptors (Lipinski definition) is 3. The Morgan fingerprint density at radius 3 is 2.46 bits per heavy atom. The van der Waals surface area contributed by atoms with Gasteiger partial charge in [-0.05, 0) is 61.0 Å². The fourth-order valence-corrected chi connectivity index (χ4v) is 3.61. The fraction of sp³-hybridized carbons (Fsp3) is 0.136. The molecule has 142 valence electrons. The first kappa shape index (κ1) is 18.7. The van der Waals surface area contributed by atoms with Crippen LogP contribution in [0, 0.1) is 0 Å². The SMILES string of the molecule is CCOc1ccc(N2C(=O)c3ccccc3NC2c2ccc(Cl)c(Cl)c2)cc1. The summed E-state index contributed by atoms with van der Waals surface area (Å²) in [7, 11) is 0. The molecule has 1 atom stereocenters. The molecule has 4 nitrogen and oxygen atoms in total. The number of halogens is 2. The lowest BCUT2D eigenvalue weighted by Crippen LogP contribution is -2.43. The summed E-state index contributed by atoms with van der Waals surface area (Å²) in [6.07, 6.45) is -0.421. The summed E-state index contributed by atoms with van der Waals surface area (Å²) in [6.45, 7) is 2.52. The maximum absolute atomic E-state index is 13.4. The molecule has 0 spiro atoms. The highest BCUT2D eigenvalue weighted by Gasteiger charge is 2.34. The summed E-state index contributed by atoms with van der Waals surface area (Å²) >= 11 is 12.3. The molecular weight excluding hydrogens is 395 g/mol. The molecule has 1 aliphatic rings. The molecule has 0 aromatic heterocycles. The topological polar surface area (TPSA) is 41.6 Å². The van der Waals surface area contributed by atoms with Gasteiger partial charge in [-0.25, -0.2) is 0 Å². The third-order valence-corrected chi connectivity index (χ3v) is 5.35. The highest BCUT2D eigenvalue weighted by molar-refractivity contribution is 6.42. The van der Waals surface area contributed by atoms with E-state index < -0.39 is 6.17 Å². The first-order valence-corrected chi connectivity index (χ1v) is 9.71. The number of nitrogens with one attached hydrogen (secondary N) is 1. The van der Waals surface area contributed by atoms with Gasteiger partial charge < -0.3 is 10.1 Å². The van der Waals surface area contributed by atoms with Gasteiger partial charge in [0.25, 0.3) is 5.91 Å². The van der Waals surface area contributed by atoms with Gasteiger partial charge in [0.05, 0.1) is 22.2 Å². The highest BCUT2D eigenvalue weighted by atomic mass is 35.5. The van der Waals surface area contributed by atoms with Crippen LogP contribution < -0.4 is 15.0 Å². The minimum absolute atomic E-state index is 0.0883. The lowest BCUT2D eigenvalue weighted by Gasteiger charge is -2.38. The van der Waals surface area contributed by atoms with E-state index in [2.05, 4.69) is 5.32 Å². The van der Waals surface area contributed by atoms with Crippen LogP contribution >= 0.6 is 23.2 Å². The van der Waals surface area contributed by atoms with Crippen LogP contribution in [0.4, 0.5) is 11.4 Å². The molecule has 0 fully saturated rings. The van der Waals surface area contributed by atoms with Crippen LogP contribution in [-0.4, -0.2) is 12.5 Å². The van der Waals surface area contributed by atoms with Crippen molar-refractivity contribution in [1.82, 2.24) is 0 Å². The maximum Gasteiger partial charge on any atom is 0.262 e. The van der Waals surface area contributed by atoms with Crippen molar-refractivity contribution >= 4 is 40.5 Å². The van der Waals surface area contributed by atoms with E-state index in [1.165, 1.54) is 0 Å². The van der Waals surface area contributed by atoms with E-state index in [4.69, 9.17) is 27.9 Å². The first-order valence-electron chi connectivity index (χ1n) is 8.95. The van der Waals surface area contributed by atoms with Crippen molar-refractivity contribution in [1.29, 1.82) is 0 Å². The number of benzene rings is 3. The zero-order valence-corrected chi connectivity index (χ0v) is 16.7. The molecule has 1 aliphatic heterocycles. The molecule has 0 saturated heterocycles. The van der Waals surface area contributed by atoms with Gasteiger partial charge in [0.1, 0.15) is 11.9 Å². The molecule has 28 heavy (non-hydrogen) atoms. The van der Waals surface area contributed by atoms with Crippen LogP contribution in [0.3, 0.4) is 0 Å². The molecular formula is C22H18Cl2N2O2. The van der Waals surface area contributed by atoms with Gasteiger partial charge in [-0.15, -0.1) is 0 Å². The van der Waals surface area contributed by atoms with Crippen molar-refractivity contribution in [3.05, 3.63) is 87.9 Å². The van der Waals surface area contributed by atoms with Crippen LogP contribution in [0.15, 0.2) is 66.7 Å². The molecule has 3 aromatic carbocycles. The second-order valence-corrected chi connectivity index (χ2v) is 7.18. The lowest BCUT2D eigenvalue weighted by atomic mass is 10.0. The molecule has 0 bridgehead atoms. The van der Waals surface area contributed by atoms with E-state index in [0.717, 1.165) is 22.7 Å². The van der Waals surface area contributed by atoms with Crippen LogP contribution in [-0.2, 0) is 0 Å². The zero-order valence-electron chi connectivity index (χ0n) is 15.2. The largest absolute Gasteiger partial charge is 0.494 e. The van der Waals surface area contributed by atoms with Gasteiger partial charge in [-0.1, -0.05) is 41.4 Å². The van der Waals surface area contributed by atoms with E-state index >= 15 is 0 Å². The number of hydrogen-bond donors (Lipinski definition) is 1. The molecule has 1 N–H and O–H groups in total. The maximum atomic E-state index is 13.4. The number of nitrogens with zero attached hydrogens (tertiary/aromatic N) is 1. The van der Waals surface area contributed by atoms with Crippen molar-refractivity contribution in [3.63, 3.8) is 0 Å². The zero-order chi connectivity index (χ0) is 19.7. The van der Waals surface area contributed by atoms with E-state index in [1.54, 1.807) is 17.0 Å². The summed E-state index contributed by atoms with van der Waals surface area (Å²) in [4.78, 5) is 15.1. The lowest BCUT2D eigenvalue weighted by molar-refractivity contribution is 0.0975. The number of para-hydroxylation sites is 1. The van der Waals surface area contributed by atoms with Gasteiger partial charge in [-0.3, -0.25) is 9.69 Å². The standard InChI is InChI=1S/C22H18Cl2N2O2/c1-2-28-16-10-8-15(9-11-16)26-21(14-7-12-18(23)19(24)13-14)25-20-6-4-3-5-17(20)22(26)27/h3-13,21,25H,2H2,1H3. The van der Waals surface area contributed by atoms with Crippen LogP contribution in [0.2, 0.25) is 10.0 Å². The Bertz CT molecular complexity index is 1020. The van der Waals surface area contributed by atoms with Gasteiger partial charge >= 0.3 is 0 Å². The summed E-state index contributed by atoms with van der Waals surface area (Å²) in [5.74, 6) is 0.671. The monoisotopic (exact) mass is 412 g/mol. The predicted molar refractivity (Wildman–Crippen MR) is 114 cm³/mol. The minimum atomic E-state index is -0.421. The minimum Gasteiger partial charge on any atom is -0.494 e. The van der Waals surface area contributed by atoms with E-state index in [9.17, 15) is 4.79 Å². The van der Waals surface area contributed by atoms with Gasteiger partial charge in [0.15, 0.2) is 0 Å². The number of carbonyl (C=O) groups is 1. The Morgan fingerprint density at radius 2 is 1.75 bits per heavy atom. The number of carbonyl (C=O) groups excluding carboxylic acids is 1. The summed E-state index contributed by atoms with van der Waals surface area (Å²) in [5, 5.41) is 4.37. The van der Waals surface area contributed by atoms with Crippen molar-refractivity contribution in [2.75, 3.05) is 16.8 Å². The van der Waals surface area contributed by atoms with Gasteiger partial charge in [-0.2, -0.15) is 0 Å². The first-order chi connectivity index (χ1) is 13.6. The average molecular weight is 413 g/mol. The smallest absolute Gasteiger partial charge is 0.262 e. The van der Waals surface area contributed by atoms with Crippen molar-refractivity contribution in [2.24, 2.45) is 0 Å².